The first-order valence-corrected chi connectivity index (χ1v) is 6.62. The normalized spacial score (nSPS) is 10.5. The van der Waals surface area contributed by atoms with Crippen LogP contribution in [0.25, 0.3) is 0 Å². The Hall–Kier alpha value is -0.510. The van der Waals surface area contributed by atoms with Crippen molar-refractivity contribution in [3.05, 3.63) is 22.3 Å². The molecule has 0 spiro atoms. The lowest BCUT2D eigenvalue weighted by Crippen LogP contribution is -2.07. The molecule has 0 aliphatic rings. The number of nitrogens with zero attached hydrogens (tertiary/aromatic N) is 1. The van der Waals surface area contributed by atoms with Crippen LogP contribution in [0.4, 0.5) is 5.82 Å². The molecular formula is C12H18Cl2N2O. The lowest BCUT2D eigenvalue weighted by atomic mass is 10.3. The summed E-state index contributed by atoms with van der Waals surface area (Å²) in [7, 11) is 0. The van der Waals surface area contributed by atoms with E-state index in [1.54, 1.807) is 12.3 Å². The summed E-state index contributed by atoms with van der Waals surface area (Å²) in [5.41, 5.74) is 0. The second-order valence-corrected chi connectivity index (χ2v) is 4.57. The van der Waals surface area contributed by atoms with Crippen LogP contribution in [0.5, 0.6) is 0 Å². The zero-order chi connectivity index (χ0) is 12.5. The average Bonchev–Trinajstić information content (AvgIpc) is 2.30. The lowest BCUT2D eigenvalue weighted by Gasteiger charge is -2.07. The molecule has 0 amide bonds. The molecule has 1 aromatic rings. The van der Waals surface area contributed by atoms with E-state index in [9.17, 15) is 0 Å². The average molecular weight is 277 g/mol. The number of rotatable bonds is 8. The fourth-order valence-electron chi connectivity index (χ4n) is 1.27. The van der Waals surface area contributed by atoms with Gasteiger partial charge in [-0.2, -0.15) is 0 Å². The number of hydrogen-bond donors (Lipinski definition) is 1. The summed E-state index contributed by atoms with van der Waals surface area (Å²) >= 11 is 11.7. The van der Waals surface area contributed by atoms with Crippen molar-refractivity contribution in [2.45, 2.75) is 26.2 Å². The molecule has 0 atom stereocenters. The molecule has 3 nitrogen and oxygen atoms in total. The van der Waals surface area contributed by atoms with E-state index in [1.807, 2.05) is 0 Å². The maximum atomic E-state index is 5.97. The van der Waals surface area contributed by atoms with Gasteiger partial charge in [-0.3, -0.25) is 0 Å². The smallest absolute Gasteiger partial charge is 0.144 e. The Bertz CT molecular complexity index is 334. The van der Waals surface area contributed by atoms with Crippen LogP contribution in [0.2, 0.25) is 10.0 Å². The fraction of sp³-hybridized carbons (Fsp3) is 0.583. The third-order valence-corrected chi connectivity index (χ3v) is 2.70. The Balaban J connectivity index is 2.14. The van der Waals surface area contributed by atoms with Crippen molar-refractivity contribution in [3.8, 4) is 0 Å². The molecule has 17 heavy (non-hydrogen) atoms. The number of anilines is 1. The van der Waals surface area contributed by atoms with Crippen LogP contribution < -0.4 is 5.32 Å². The van der Waals surface area contributed by atoms with Crippen LogP contribution in [0.15, 0.2) is 12.3 Å². The van der Waals surface area contributed by atoms with E-state index in [0.717, 1.165) is 32.6 Å². The van der Waals surface area contributed by atoms with Gasteiger partial charge in [0.2, 0.25) is 0 Å². The maximum absolute atomic E-state index is 5.97. The minimum absolute atomic E-state index is 0.545. The molecule has 0 aromatic carbocycles. The number of unbranched alkanes of at least 4 members (excludes halogenated alkanes) is 1. The highest BCUT2D eigenvalue weighted by molar-refractivity contribution is 6.35. The number of halogens is 2. The van der Waals surface area contributed by atoms with E-state index in [2.05, 4.69) is 17.2 Å². The van der Waals surface area contributed by atoms with Gasteiger partial charge in [0.1, 0.15) is 5.82 Å². The van der Waals surface area contributed by atoms with Crippen LogP contribution in [0, 0.1) is 0 Å². The van der Waals surface area contributed by atoms with E-state index >= 15 is 0 Å². The van der Waals surface area contributed by atoms with Gasteiger partial charge in [0.05, 0.1) is 10.0 Å². The molecule has 0 bridgehead atoms. The topological polar surface area (TPSA) is 34.1 Å². The van der Waals surface area contributed by atoms with Crippen molar-refractivity contribution in [2.24, 2.45) is 0 Å². The maximum Gasteiger partial charge on any atom is 0.144 e. The van der Waals surface area contributed by atoms with Gasteiger partial charge in [-0.05, 0) is 18.9 Å². The molecule has 0 saturated heterocycles. The van der Waals surface area contributed by atoms with Gasteiger partial charge in [-0.15, -0.1) is 0 Å². The van der Waals surface area contributed by atoms with Crippen LogP contribution >= 0.6 is 23.2 Å². The predicted octanol–water partition coefficient (Wildman–Crippen LogP) is 4.01. The molecule has 1 aromatic heterocycles. The largest absolute Gasteiger partial charge is 0.381 e. The van der Waals surface area contributed by atoms with Crippen molar-refractivity contribution < 1.29 is 4.74 Å². The standard InChI is InChI=1S/C12H18Cl2N2O/c1-2-3-6-17-7-4-5-15-12-11(14)8-10(13)9-16-12/h8-9H,2-7H2,1H3,(H,15,16). The summed E-state index contributed by atoms with van der Waals surface area (Å²) in [5.74, 6) is 0.671. The van der Waals surface area contributed by atoms with Gasteiger partial charge >= 0.3 is 0 Å². The Kier molecular flexibility index (Phi) is 7.33. The Morgan fingerprint density at radius 1 is 1.29 bits per heavy atom. The molecule has 0 aliphatic carbocycles. The predicted molar refractivity (Wildman–Crippen MR) is 73.1 cm³/mol. The van der Waals surface area contributed by atoms with E-state index in [-0.39, 0.29) is 0 Å². The lowest BCUT2D eigenvalue weighted by molar-refractivity contribution is 0.131. The van der Waals surface area contributed by atoms with Crippen LogP contribution in [-0.4, -0.2) is 24.7 Å². The summed E-state index contributed by atoms with van der Waals surface area (Å²) in [5, 5.41) is 4.24. The number of nitrogens with one attached hydrogen (secondary N) is 1. The van der Waals surface area contributed by atoms with Crippen molar-refractivity contribution in [1.82, 2.24) is 4.98 Å². The first kappa shape index (κ1) is 14.6. The van der Waals surface area contributed by atoms with Crippen molar-refractivity contribution in [3.63, 3.8) is 0 Å². The molecule has 0 aliphatic heterocycles. The summed E-state index contributed by atoms with van der Waals surface area (Å²) in [4.78, 5) is 4.11. The van der Waals surface area contributed by atoms with Crippen molar-refractivity contribution in [2.75, 3.05) is 25.1 Å². The number of ether oxygens (including phenoxy) is 1. The molecule has 0 radical (unpaired) electrons. The SMILES string of the molecule is CCCCOCCCNc1ncc(Cl)cc1Cl. The molecule has 1 N–H and O–H groups in total. The molecule has 1 heterocycles. The Morgan fingerprint density at radius 2 is 2.06 bits per heavy atom. The quantitative estimate of drug-likeness (QED) is 0.729. The molecule has 1 rings (SSSR count). The Labute approximate surface area is 112 Å². The first-order chi connectivity index (χ1) is 8.24. The van der Waals surface area contributed by atoms with Crippen LogP contribution in [0.1, 0.15) is 26.2 Å². The third kappa shape index (κ3) is 6.10. The van der Waals surface area contributed by atoms with E-state index in [4.69, 9.17) is 27.9 Å². The van der Waals surface area contributed by atoms with E-state index in [0.29, 0.717) is 15.9 Å². The van der Waals surface area contributed by atoms with Gasteiger partial charge in [0.25, 0.3) is 0 Å². The monoisotopic (exact) mass is 276 g/mol. The fourth-order valence-corrected chi connectivity index (χ4v) is 1.72. The molecule has 5 heteroatoms. The molecular weight excluding hydrogens is 259 g/mol. The molecule has 96 valence electrons. The second kappa shape index (κ2) is 8.56. The van der Waals surface area contributed by atoms with Crippen molar-refractivity contribution >= 4 is 29.0 Å². The molecule has 0 unspecified atom stereocenters. The summed E-state index contributed by atoms with van der Waals surface area (Å²) in [6.45, 7) is 4.55. The minimum Gasteiger partial charge on any atom is -0.381 e. The second-order valence-electron chi connectivity index (χ2n) is 3.73. The highest BCUT2D eigenvalue weighted by Crippen LogP contribution is 2.22. The highest BCUT2D eigenvalue weighted by Gasteiger charge is 2.01. The minimum atomic E-state index is 0.545. The third-order valence-electron chi connectivity index (χ3n) is 2.21. The van der Waals surface area contributed by atoms with Gasteiger partial charge in [-0.1, -0.05) is 36.5 Å². The summed E-state index contributed by atoms with van der Waals surface area (Å²) in [6, 6.07) is 1.68. The van der Waals surface area contributed by atoms with Crippen LogP contribution in [0.3, 0.4) is 0 Å². The number of pyridine rings is 1. The summed E-state index contributed by atoms with van der Waals surface area (Å²) < 4.78 is 5.45. The van der Waals surface area contributed by atoms with Crippen molar-refractivity contribution in [1.29, 1.82) is 0 Å². The Morgan fingerprint density at radius 3 is 2.76 bits per heavy atom. The molecule has 0 saturated carbocycles. The van der Waals surface area contributed by atoms with Crippen LogP contribution in [-0.2, 0) is 4.74 Å². The van der Waals surface area contributed by atoms with Gasteiger partial charge in [-0.25, -0.2) is 4.98 Å². The van der Waals surface area contributed by atoms with E-state index < -0.39 is 0 Å². The zero-order valence-corrected chi connectivity index (χ0v) is 11.5. The molecule has 0 fully saturated rings. The number of hydrogen-bond acceptors (Lipinski definition) is 3. The highest BCUT2D eigenvalue weighted by atomic mass is 35.5. The summed E-state index contributed by atoms with van der Waals surface area (Å²) in [6.07, 6.45) is 4.80. The number of aromatic nitrogens is 1. The first-order valence-electron chi connectivity index (χ1n) is 5.86. The van der Waals surface area contributed by atoms with Gasteiger partial charge < -0.3 is 10.1 Å². The van der Waals surface area contributed by atoms with Gasteiger partial charge in [0.15, 0.2) is 0 Å². The van der Waals surface area contributed by atoms with Gasteiger partial charge in [0, 0.05) is 26.0 Å². The zero-order valence-electron chi connectivity index (χ0n) is 10.0. The van der Waals surface area contributed by atoms with E-state index in [1.165, 1.54) is 6.42 Å².